The van der Waals surface area contributed by atoms with Crippen LogP contribution < -0.4 is 15.0 Å². The molecule has 0 radical (unpaired) electrons. The first-order chi connectivity index (χ1) is 27.1. The van der Waals surface area contributed by atoms with E-state index in [2.05, 4.69) is 86.3 Å². The standard InChI is InChI=1S/C43H46ClN9O2S/c1-25-27(3)56-43-39(25)40(46-26(2)41-51-48-28(4)53(41)43)31-9-7-29(8-10-31)5-6-30-19-21-52(22-20-30)38-18-17-37(49-50-38)42(54)47-33-12-15-34(16-13-33)55-35-14-11-32(24-45)36(44)23-35/h7-11,14,17-18,23,26,30,33-34H,5-6,12-13,15-16,19-22H2,1-4H3,(H,47,54). The predicted octanol–water partition coefficient (Wildman–Crippen LogP) is 8.45. The predicted molar refractivity (Wildman–Crippen MR) is 220 cm³/mol. The number of thiophene rings is 1. The van der Waals surface area contributed by atoms with E-state index in [0.717, 1.165) is 98.2 Å². The maximum atomic E-state index is 13.0. The minimum Gasteiger partial charge on any atom is -0.490 e. The molecular weight excluding hydrogens is 742 g/mol. The summed E-state index contributed by atoms with van der Waals surface area (Å²) >= 11 is 7.95. The number of ether oxygens (including phenoxy) is 1. The number of nitrogens with one attached hydrogen (secondary N) is 1. The molecule has 1 atom stereocenters. The molecule has 2 fully saturated rings. The van der Waals surface area contributed by atoms with E-state index in [1.54, 1.807) is 35.6 Å². The summed E-state index contributed by atoms with van der Waals surface area (Å²) in [5.74, 6) is 3.71. The number of piperidine rings is 1. The minimum atomic E-state index is -0.197. The summed E-state index contributed by atoms with van der Waals surface area (Å²) in [4.78, 5) is 21.8. The van der Waals surface area contributed by atoms with Gasteiger partial charge in [0.25, 0.3) is 5.91 Å². The van der Waals surface area contributed by atoms with Crippen LogP contribution in [0, 0.1) is 38.0 Å². The SMILES string of the molecule is Cc1sc2c(c1C)C(c1ccc(CCC3CCN(c4ccc(C(=O)NC5CCC(Oc6ccc(C#N)c(Cl)c6)CC5)nn4)CC3)cc1)=NC(C)c1nnc(C)n1-2. The van der Waals surface area contributed by atoms with Crippen molar-refractivity contribution in [2.75, 3.05) is 18.0 Å². The summed E-state index contributed by atoms with van der Waals surface area (Å²) in [5.41, 5.74) is 6.74. The number of aryl methyl sites for hydroxylation is 3. The van der Waals surface area contributed by atoms with E-state index in [-0.39, 0.29) is 24.1 Å². The van der Waals surface area contributed by atoms with Gasteiger partial charge >= 0.3 is 0 Å². The fourth-order valence-corrected chi connectivity index (χ4v) is 9.61. The maximum absolute atomic E-state index is 13.0. The number of hydrogen-bond acceptors (Lipinski definition) is 10. The van der Waals surface area contributed by atoms with Gasteiger partial charge in [-0.25, -0.2) is 0 Å². The molecule has 3 aromatic heterocycles. The summed E-state index contributed by atoms with van der Waals surface area (Å²) in [6, 6.07) is 19.9. The van der Waals surface area contributed by atoms with Crippen LogP contribution >= 0.6 is 22.9 Å². The zero-order valence-corrected chi connectivity index (χ0v) is 33.8. The van der Waals surface area contributed by atoms with Crippen molar-refractivity contribution < 1.29 is 9.53 Å². The molecule has 13 heteroatoms. The number of rotatable bonds is 9. The van der Waals surface area contributed by atoms with Crippen molar-refractivity contribution in [3.05, 3.63) is 110 Å². The minimum absolute atomic E-state index is 0.0405. The van der Waals surface area contributed by atoms with Crippen LogP contribution in [0.5, 0.6) is 5.75 Å². The average molecular weight is 788 g/mol. The quantitative estimate of drug-likeness (QED) is 0.157. The topological polar surface area (TPSA) is 134 Å². The summed E-state index contributed by atoms with van der Waals surface area (Å²) in [5, 5.41) is 31.4. The molecular formula is C43H46ClN9O2S. The largest absolute Gasteiger partial charge is 0.490 e. The third kappa shape index (κ3) is 7.80. The molecule has 8 rings (SSSR count). The highest BCUT2D eigenvalue weighted by molar-refractivity contribution is 7.15. The van der Waals surface area contributed by atoms with Crippen LogP contribution in [-0.4, -0.2) is 61.8 Å². The Bertz CT molecular complexity index is 2290. The van der Waals surface area contributed by atoms with Gasteiger partial charge in [0.05, 0.1) is 22.4 Å². The van der Waals surface area contributed by atoms with Gasteiger partial charge in [0, 0.05) is 41.2 Å². The molecule has 288 valence electrons. The van der Waals surface area contributed by atoms with Crippen LogP contribution in [0.1, 0.15) is 113 Å². The van der Waals surface area contributed by atoms with Crippen molar-refractivity contribution in [3.63, 3.8) is 0 Å². The fourth-order valence-electron chi connectivity index (χ4n) is 8.18. The molecule has 5 heterocycles. The number of aromatic nitrogens is 5. The summed E-state index contributed by atoms with van der Waals surface area (Å²) in [7, 11) is 0. The maximum Gasteiger partial charge on any atom is 0.272 e. The molecule has 1 N–H and O–H groups in total. The highest BCUT2D eigenvalue weighted by Gasteiger charge is 2.30. The van der Waals surface area contributed by atoms with Gasteiger partial charge in [-0.05, 0) is 120 Å². The van der Waals surface area contributed by atoms with E-state index in [9.17, 15) is 4.79 Å². The summed E-state index contributed by atoms with van der Waals surface area (Å²) in [6.07, 6.45) is 7.68. The van der Waals surface area contributed by atoms with Gasteiger partial charge in [-0.2, -0.15) is 5.26 Å². The number of aliphatic imine (C=N–C) groups is 1. The molecule has 2 aliphatic heterocycles. The van der Waals surface area contributed by atoms with Gasteiger partial charge in [-0.15, -0.1) is 31.7 Å². The Labute approximate surface area is 336 Å². The van der Waals surface area contributed by atoms with Gasteiger partial charge in [0.1, 0.15) is 28.7 Å². The number of benzene rings is 2. The molecule has 1 unspecified atom stereocenters. The van der Waals surface area contributed by atoms with Crippen molar-refractivity contribution in [1.29, 1.82) is 5.26 Å². The van der Waals surface area contributed by atoms with Crippen molar-refractivity contribution in [3.8, 4) is 16.8 Å². The zero-order valence-electron chi connectivity index (χ0n) is 32.3. The van der Waals surface area contributed by atoms with Crippen LogP contribution in [0.15, 0.2) is 59.6 Å². The zero-order chi connectivity index (χ0) is 38.9. The molecule has 2 aromatic carbocycles. The van der Waals surface area contributed by atoms with Gasteiger partial charge in [0.15, 0.2) is 17.3 Å². The second-order valence-electron chi connectivity index (χ2n) is 15.3. The Morgan fingerprint density at radius 3 is 2.43 bits per heavy atom. The lowest BCUT2D eigenvalue weighted by atomic mass is 9.90. The average Bonchev–Trinajstić information content (AvgIpc) is 3.70. The van der Waals surface area contributed by atoms with Crippen molar-refractivity contribution in [1.82, 2.24) is 30.3 Å². The first-order valence-corrected chi connectivity index (χ1v) is 20.8. The third-order valence-corrected chi connectivity index (χ3v) is 13.1. The summed E-state index contributed by atoms with van der Waals surface area (Å²) < 4.78 is 8.28. The van der Waals surface area contributed by atoms with Gasteiger partial charge in [-0.3, -0.25) is 14.4 Å². The summed E-state index contributed by atoms with van der Waals surface area (Å²) in [6.45, 7) is 10.3. The molecule has 11 nitrogen and oxygen atoms in total. The molecule has 5 aromatic rings. The number of halogens is 1. The van der Waals surface area contributed by atoms with Gasteiger partial charge in [0.2, 0.25) is 0 Å². The molecule has 3 aliphatic rings. The van der Waals surface area contributed by atoms with E-state index in [1.165, 1.54) is 21.6 Å². The van der Waals surface area contributed by atoms with E-state index in [0.29, 0.717) is 27.9 Å². The number of fused-ring (bicyclic) bond motifs is 3. The van der Waals surface area contributed by atoms with Crippen LogP contribution in [0.2, 0.25) is 5.02 Å². The van der Waals surface area contributed by atoms with Gasteiger partial charge < -0.3 is 15.0 Å². The lowest BCUT2D eigenvalue weighted by Gasteiger charge is -2.32. The Morgan fingerprint density at radius 1 is 0.964 bits per heavy atom. The second-order valence-corrected chi connectivity index (χ2v) is 16.9. The van der Waals surface area contributed by atoms with E-state index in [1.807, 2.05) is 13.0 Å². The van der Waals surface area contributed by atoms with Crippen LogP contribution in [0.3, 0.4) is 0 Å². The first kappa shape index (κ1) is 37.8. The van der Waals surface area contributed by atoms with E-state index >= 15 is 0 Å². The van der Waals surface area contributed by atoms with Crippen LogP contribution in [0.4, 0.5) is 5.82 Å². The monoisotopic (exact) mass is 787 g/mol. The van der Waals surface area contributed by atoms with E-state index < -0.39 is 0 Å². The molecule has 56 heavy (non-hydrogen) atoms. The molecule has 1 saturated carbocycles. The Hall–Kier alpha value is -5.12. The number of carbonyl (C=O) groups excluding carboxylic acids is 1. The second kappa shape index (κ2) is 16.2. The molecule has 1 aliphatic carbocycles. The molecule has 0 bridgehead atoms. The molecule has 1 amide bonds. The number of nitriles is 1. The molecule has 1 saturated heterocycles. The van der Waals surface area contributed by atoms with E-state index in [4.69, 9.17) is 26.6 Å². The highest BCUT2D eigenvalue weighted by atomic mass is 35.5. The van der Waals surface area contributed by atoms with Crippen molar-refractivity contribution >= 4 is 40.4 Å². The number of amides is 1. The van der Waals surface area contributed by atoms with Crippen molar-refractivity contribution in [2.45, 2.75) is 97.2 Å². The number of hydrogen-bond donors (Lipinski definition) is 1. The lowest BCUT2D eigenvalue weighted by Crippen LogP contribution is -2.40. The Kier molecular flexibility index (Phi) is 10.9. The fraction of sp³-hybridized carbons (Fsp3) is 0.419. The first-order valence-electron chi connectivity index (χ1n) is 19.6. The van der Waals surface area contributed by atoms with Crippen LogP contribution in [-0.2, 0) is 6.42 Å². The normalized spacial score (nSPS) is 19.7. The number of carbonyl (C=O) groups is 1. The Morgan fingerprint density at radius 2 is 1.73 bits per heavy atom. The highest BCUT2D eigenvalue weighted by Crippen LogP contribution is 2.39. The number of nitrogens with zero attached hydrogens (tertiary/aromatic N) is 8. The van der Waals surface area contributed by atoms with Crippen molar-refractivity contribution in [2.24, 2.45) is 10.9 Å². The third-order valence-electron chi connectivity index (χ3n) is 11.6. The lowest BCUT2D eigenvalue weighted by molar-refractivity contribution is 0.0888. The smallest absolute Gasteiger partial charge is 0.272 e. The number of anilines is 1. The Balaban J connectivity index is 0.796. The molecule has 0 spiro atoms. The van der Waals surface area contributed by atoms with Gasteiger partial charge in [-0.1, -0.05) is 35.9 Å². The van der Waals surface area contributed by atoms with Crippen LogP contribution in [0.25, 0.3) is 5.00 Å².